The highest BCUT2D eigenvalue weighted by atomic mass is 16.6. The molecule has 0 bridgehead atoms. The molecule has 5 heteroatoms. The summed E-state index contributed by atoms with van der Waals surface area (Å²) in [7, 11) is 1.60. The van der Waals surface area contributed by atoms with E-state index >= 15 is 0 Å². The van der Waals surface area contributed by atoms with Crippen LogP contribution in [0.2, 0.25) is 0 Å². The maximum atomic E-state index is 11.2. The third-order valence-corrected chi connectivity index (χ3v) is 4.16. The van der Waals surface area contributed by atoms with Gasteiger partial charge in [0.05, 0.1) is 31.5 Å². The molecule has 2 atom stereocenters. The van der Waals surface area contributed by atoms with Crippen LogP contribution in [0, 0.1) is 0 Å². The summed E-state index contributed by atoms with van der Waals surface area (Å²) in [6, 6.07) is 5.23. The molecule has 2 saturated heterocycles. The van der Waals surface area contributed by atoms with Gasteiger partial charge in [-0.15, -0.1) is 0 Å². The zero-order valence-corrected chi connectivity index (χ0v) is 12.2. The molecule has 0 N–H and O–H groups in total. The summed E-state index contributed by atoms with van der Waals surface area (Å²) >= 11 is 0. The summed E-state index contributed by atoms with van der Waals surface area (Å²) in [6.07, 6.45) is 3.36. The van der Waals surface area contributed by atoms with Gasteiger partial charge in [-0.2, -0.15) is 0 Å². The van der Waals surface area contributed by atoms with E-state index in [2.05, 4.69) is 0 Å². The Kier molecular flexibility index (Phi) is 4.12. The van der Waals surface area contributed by atoms with Crippen molar-refractivity contribution in [3.8, 4) is 11.5 Å². The molecular formula is C16H20O5. The average Bonchev–Trinajstić information content (AvgIpc) is 2.95. The fourth-order valence-corrected chi connectivity index (χ4v) is 2.97. The van der Waals surface area contributed by atoms with Gasteiger partial charge < -0.3 is 18.9 Å². The summed E-state index contributed by atoms with van der Waals surface area (Å²) in [6.45, 7) is 2.03. The van der Waals surface area contributed by atoms with E-state index in [0.717, 1.165) is 32.2 Å². The average molecular weight is 292 g/mol. The van der Waals surface area contributed by atoms with Crippen LogP contribution in [0.15, 0.2) is 18.2 Å². The van der Waals surface area contributed by atoms with Crippen LogP contribution < -0.4 is 9.47 Å². The number of carbonyl (C=O) groups is 1. The van der Waals surface area contributed by atoms with E-state index in [4.69, 9.17) is 18.9 Å². The van der Waals surface area contributed by atoms with E-state index in [1.54, 1.807) is 25.3 Å². The fraction of sp³-hybridized carbons (Fsp3) is 0.562. The highest BCUT2D eigenvalue weighted by Gasteiger charge is 2.41. The topological polar surface area (TPSA) is 54.0 Å². The van der Waals surface area contributed by atoms with Crippen molar-refractivity contribution >= 4 is 6.29 Å². The Bertz CT molecular complexity index is 507. The molecule has 114 valence electrons. The summed E-state index contributed by atoms with van der Waals surface area (Å²) in [5, 5.41) is 0. The van der Waals surface area contributed by atoms with Crippen LogP contribution in [0.25, 0.3) is 0 Å². The van der Waals surface area contributed by atoms with Crippen LogP contribution in [0.4, 0.5) is 0 Å². The molecule has 21 heavy (non-hydrogen) atoms. The van der Waals surface area contributed by atoms with E-state index < -0.39 is 0 Å². The second-order valence-electron chi connectivity index (χ2n) is 5.59. The third-order valence-electron chi connectivity index (χ3n) is 4.16. The first-order chi connectivity index (χ1) is 10.2. The molecule has 1 aromatic carbocycles. The lowest BCUT2D eigenvalue weighted by Crippen LogP contribution is -2.44. The summed E-state index contributed by atoms with van der Waals surface area (Å²) < 4.78 is 22.6. The first-order valence-corrected chi connectivity index (χ1v) is 7.26. The van der Waals surface area contributed by atoms with Gasteiger partial charge in [0.15, 0.2) is 6.29 Å². The van der Waals surface area contributed by atoms with E-state index in [1.165, 1.54) is 0 Å². The number of hydrogen-bond acceptors (Lipinski definition) is 5. The van der Waals surface area contributed by atoms with Crippen molar-refractivity contribution in [1.82, 2.24) is 0 Å². The lowest BCUT2D eigenvalue weighted by Gasteiger charge is -2.37. The predicted molar refractivity (Wildman–Crippen MR) is 76.2 cm³/mol. The predicted octanol–water partition coefficient (Wildman–Crippen LogP) is 2.22. The van der Waals surface area contributed by atoms with E-state index in [0.29, 0.717) is 30.3 Å². The van der Waals surface area contributed by atoms with Crippen LogP contribution in [0.3, 0.4) is 0 Å². The van der Waals surface area contributed by atoms with Gasteiger partial charge in [-0.1, -0.05) is 0 Å². The molecule has 5 nitrogen and oxygen atoms in total. The van der Waals surface area contributed by atoms with Crippen LogP contribution in [0.1, 0.15) is 29.6 Å². The van der Waals surface area contributed by atoms with Crippen molar-refractivity contribution in [3.63, 3.8) is 0 Å². The summed E-state index contributed by atoms with van der Waals surface area (Å²) in [4.78, 5) is 11.2. The van der Waals surface area contributed by atoms with Gasteiger partial charge >= 0.3 is 0 Å². The Morgan fingerprint density at radius 2 is 2.29 bits per heavy atom. The van der Waals surface area contributed by atoms with Gasteiger partial charge in [0.1, 0.15) is 17.6 Å². The van der Waals surface area contributed by atoms with Gasteiger partial charge in [0.25, 0.3) is 0 Å². The van der Waals surface area contributed by atoms with Gasteiger partial charge in [0, 0.05) is 31.9 Å². The molecule has 2 unspecified atom stereocenters. The number of hydrogen-bond donors (Lipinski definition) is 0. The van der Waals surface area contributed by atoms with Crippen molar-refractivity contribution in [2.75, 3.05) is 26.9 Å². The van der Waals surface area contributed by atoms with Gasteiger partial charge in [-0.25, -0.2) is 0 Å². The van der Waals surface area contributed by atoms with E-state index in [-0.39, 0.29) is 11.7 Å². The SMILES string of the molecule is COc1ccc(C=O)c(OC2CCOC3(CCOC3)C2)c1. The molecular weight excluding hydrogens is 272 g/mol. The molecule has 0 aromatic heterocycles. The second-order valence-corrected chi connectivity index (χ2v) is 5.59. The van der Waals surface area contributed by atoms with Crippen molar-refractivity contribution in [2.24, 2.45) is 0 Å². The number of benzene rings is 1. The molecule has 2 aliphatic heterocycles. The van der Waals surface area contributed by atoms with Crippen molar-refractivity contribution in [2.45, 2.75) is 31.0 Å². The Morgan fingerprint density at radius 1 is 1.38 bits per heavy atom. The minimum atomic E-state index is -0.205. The number of methoxy groups -OCH3 is 1. The summed E-state index contributed by atoms with van der Waals surface area (Å²) in [5.74, 6) is 1.26. The van der Waals surface area contributed by atoms with Gasteiger partial charge in [0.2, 0.25) is 0 Å². The highest BCUT2D eigenvalue weighted by molar-refractivity contribution is 5.79. The van der Waals surface area contributed by atoms with Gasteiger partial charge in [-0.05, 0) is 12.1 Å². The largest absolute Gasteiger partial charge is 0.497 e. The first kappa shape index (κ1) is 14.4. The third kappa shape index (κ3) is 3.04. The van der Waals surface area contributed by atoms with Crippen LogP contribution in [-0.2, 0) is 9.47 Å². The molecule has 2 fully saturated rings. The Labute approximate surface area is 124 Å². The number of carbonyl (C=O) groups excluding carboxylic acids is 1. The molecule has 2 heterocycles. The van der Waals surface area contributed by atoms with Crippen LogP contribution in [-0.4, -0.2) is 44.9 Å². The smallest absolute Gasteiger partial charge is 0.153 e. The quantitative estimate of drug-likeness (QED) is 0.797. The van der Waals surface area contributed by atoms with Crippen LogP contribution in [0.5, 0.6) is 11.5 Å². The molecule has 0 saturated carbocycles. The molecule has 1 aromatic rings. The Morgan fingerprint density at radius 3 is 3.00 bits per heavy atom. The number of ether oxygens (including phenoxy) is 4. The van der Waals surface area contributed by atoms with Crippen molar-refractivity contribution in [1.29, 1.82) is 0 Å². The monoisotopic (exact) mass is 292 g/mol. The minimum Gasteiger partial charge on any atom is -0.497 e. The maximum absolute atomic E-state index is 11.2. The Hall–Kier alpha value is -1.59. The second kappa shape index (κ2) is 6.03. The lowest BCUT2D eigenvalue weighted by atomic mass is 9.91. The highest BCUT2D eigenvalue weighted by Crippen LogP contribution is 2.35. The normalized spacial score (nSPS) is 28.5. The fourth-order valence-electron chi connectivity index (χ4n) is 2.97. The van der Waals surface area contributed by atoms with E-state index in [9.17, 15) is 4.79 Å². The molecule has 1 spiro atoms. The summed E-state index contributed by atoms with van der Waals surface area (Å²) in [5.41, 5.74) is 0.336. The number of aldehydes is 1. The molecule has 0 amide bonds. The van der Waals surface area contributed by atoms with Crippen molar-refractivity contribution < 1.29 is 23.7 Å². The van der Waals surface area contributed by atoms with Crippen molar-refractivity contribution in [3.05, 3.63) is 23.8 Å². The van der Waals surface area contributed by atoms with Gasteiger partial charge in [-0.3, -0.25) is 4.79 Å². The standard InChI is InChI=1S/C16H20O5/c1-18-13-3-2-12(10-17)15(8-13)21-14-4-6-20-16(9-14)5-7-19-11-16/h2-3,8,10,14H,4-7,9,11H2,1H3. The lowest BCUT2D eigenvalue weighted by molar-refractivity contribution is -0.112. The zero-order chi connectivity index (χ0) is 14.7. The zero-order valence-electron chi connectivity index (χ0n) is 12.2. The maximum Gasteiger partial charge on any atom is 0.153 e. The molecule has 2 aliphatic rings. The Balaban J connectivity index is 1.75. The molecule has 0 aliphatic carbocycles. The molecule has 3 rings (SSSR count). The molecule has 0 radical (unpaired) electrons. The van der Waals surface area contributed by atoms with E-state index in [1.807, 2.05) is 0 Å². The van der Waals surface area contributed by atoms with Crippen LogP contribution >= 0.6 is 0 Å². The minimum absolute atomic E-state index is 0.0336. The first-order valence-electron chi connectivity index (χ1n) is 7.26. The number of rotatable bonds is 4.